The lowest BCUT2D eigenvalue weighted by Gasteiger charge is -2.18. The standard InChI is InChI=1S/C14H18N6O/c1-8(13-18-16-7-19(13)3)20-12-5-4-10(15)6-11(12)17-14(20)9(2)21/h4-9,21H,15H2,1-3H3. The summed E-state index contributed by atoms with van der Waals surface area (Å²) in [5.41, 5.74) is 8.14. The van der Waals surface area contributed by atoms with Gasteiger partial charge in [-0.15, -0.1) is 10.2 Å². The first-order valence-electron chi connectivity index (χ1n) is 6.78. The lowest BCUT2D eigenvalue weighted by Crippen LogP contribution is -2.16. The van der Waals surface area contributed by atoms with Crippen molar-refractivity contribution < 1.29 is 5.11 Å². The number of nitrogens with two attached hydrogens (primary N) is 1. The Kier molecular flexibility index (Phi) is 3.13. The minimum absolute atomic E-state index is 0.101. The maximum atomic E-state index is 10.0. The average molecular weight is 286 g/mol. The number of rotatable bonds is 3. The monoisotopic (exact) mass is 286 g/mol. The number of fused-ring (bicyclic) bond motifs is 1. The van der Waals surface area contributed by atoms with Gasteiger partial charge in [-0.3, -0.25) is 0 Å². The molecule has 0 saturated heterocycles. The summed E-state index contributed by atoms with van der Waals surface area (Å²) in [7, 11) is 1.89. The highest BCUT2D eigenvalue weighted by Gasteiger charge is 2.22. The van der Waals surface area contributed by atoms with Crippen LogP contribution in [0.3, 0.4) is 0 Å². The van der Waals surface area contributed by atoms with E-state index in [0.717, 1.165) is 16.9 Å². The van der Waals surface area contributed by atoms with Crippen molar-refractivity contribution in [1.29, 1.82) is 0 Å². The Morgan fingerprint density at radius 2 is 2.00 bits per heavy atom. The van der Waals surface area contributed by atoms with Crippen LogP contribution in [-0.4, -0.2) is 29.4 Å². The molecule has 7 nitrogen and oxygen atoms in total. The van der Waals surface area contributed by atoms with Gasteiger partial charge in [-0.1, -0.05) is 0 Å². The van der Waals surface area contributed by atoms with E-state index in [9.17, 15) is 5.11 Å². The summed E-state index contributed by atoms with van der Waals surface area (Å²) in [6.45, 7) is 3.71. The molecule has 0 aliphatic heterocycles. The lowest BCUT2D eigenvalue weighted by atomic mass is 10.2. The van der Waals surface area contributed by atoms with E-state index in [1.807, 2.05) is 35.2 Å². The molecule has 0 fully saturated rings. The number of anilines is 1. The Labute approximate surface area is 122 Å². The molecular formula is C14H18N6O. The first-order valence-corrected chi connectivity index (χ1v) is 6.78. The SMILES string of the molecule is CC(O)c1nc2cc(N)ccc2n1C(C)c1nncn1C. The third-order valence-electron chi connectivity index (χ3n) is 3.62. The molecule has 0 bridgehead atoms. The molecule has 110 valence electrons. The van der Waals surface area contributed by atoms with Gasteiger partial charge in [0, 0.05) is 12.7 Å². The third kappa shape index (κ3) is 2.15. The quantitative estimate of drug-likeness (QED) is 0.710. The number of nitrogen functional groups attached to an aromatic ring is 1. The van der Waals surface area contributed by atoms with Gasteiger partial charge >= 0.3 is 0 Å². The van der Waals surface area contributed by atoms with E-state index in [2.05, 4.69) is 15.2 Å². The second-order valence-corrected chi connectivity index (χ2v) is 5.24. The largest absolute Gasteiger partial charge is 0.399 e. The highest BCUT2D eigenvalue weighted by Crippen LogP contribution is 2.28. The van der Waals surface area contributed by atoms with Crippen molar-refractivity contribution in [2.45, 2.75) is 26.0 Å². The number of aryl methyl sites for hydroxylation is 1. The van der Waals surface area contributed by atoms with Gasteiger partial charge in [-0.05, 0) is 32.0 Å². The van der Waals surface area contributed by atoms with Crippen molar-refractivity contribution >= 4 is 16.7 Å². The zero-order valence-electron chi connectivity index (χ0n) is 12.2. The summed E-state index contributed by atoms with van der Waals surface area (Å²) < 4.78 is 3.84. The Morgan fingerprint density at radius 3 is 2.62 bits per heavy atom. The molecule has 0 spiro atoms. The minimum atomic E-state index is -0.686. The number of aliphatic hydroxyl groups excluding tert-OH is 1. The normalized spacial score (nSPS) is 14.5. The number of hydrogen-bond donors (Lipinski definition) is 2. The van der Waals surface area contributed by atoms with Gasteiger partial charge in [-0.2, -0.15) is 0 Å². The van der Waals surface area contributed by atoms with Gasteiger partial charge in [0.25, 0.3) is 0 Å². The molecule has 0 saturated carbocycles. The van der Waals surface area contributed by atoms with Crippen molar-refractivity contribution in [3.05, 3.63) is 36.2 Å². The number of nitrogens with zero attached hydrogens (tertiary/aromatic N) is 5. The van der Waals surface area contributed by atoms with Crippen LogP contribution in [0.4, 0.5) is 5.69 Å². The van der Waals surface area contributed by atoms with Gasteiger partial charge in [0.2, 0.25) is 0 Å². The van der Waals surface area contributed by atoms with Crippen molar-refractivity contribution in [2.24, 2.45) is 7.05 Å². The molecule has 3 N–H and O–H groups in total. The molecule has 21 heavy (non-hydrogen) atoms. The number of aromatic nitrogens is 5. The van der Waals surface area contributed by atoms with Crippen molar-refractivity contribution in [3.63, 3.8) is 0 Å². The molecule has 0 amide bonds. The molecular weight excluding hydrogens is 268 g/mol. The molecule has 7 heteroatoms. The fourth-order valence-corrected chi connectivity index (χ4v) is 2.62. The van der Waals surface area contributed by atoms with Crippen LogP contribution in [-0.2, 0) is 7.05 Å². The second kappa shape index (κ2) is 4.85. The predicted molar refractivity (Wildman–Crippen MR) is 79.6 cm³/mol. The van der Waals surface area contributed by atoms with Crippen molar-refractivity contribution in [3.8, 4) is 0 Å². The van der Waals surface area contributed by atoms with Crippen LogP contribution < -0.4 is 5.73 Å². The molecule has 3 aromatic rings. The molecule has 2 aromatic heterocycles. The van der Waals surface area contributed by atoms with Crippen molar-refractivity contribution in [2.75, 3.05) is 5.73 Å². The number of hydrogen-bond acceptors (Lipinski definition) is 5. The summed E-state index contributed by atoms with van der Waals surface area (Å²) in [6.07, 6.45) is 0.972. The van der Waals surface area contributed by atoms with Crippen molar-refractivity contribution in [1.82, 2.24) is 24.3 Å². The zero-order chi connectivity index (χ0) is 15.1. The first kappa shape index (κ1) is 13.6. The van der Waals surface area contributed by atoms with E-state index >= 15 is 0 Å². The topological polar surface area (TPSA) is 94.8 Å². The third-order valence-corrected chi connectivity index (χ3v) is 3.62. The maximum absolute atomic E-state index is 10.0. The molecule has 0 aliphatic rings. The van der Waals surface area contributed by atoms with Crippen LogP contribution >= 0.6 is 0 Å². The number of benzene rings is 1. The van der Waals surface area contributed by atoms with Crippen LogP contribution in [0.15, 0.2) is 24.5 Å². The van der Waals surface area contributed by atoms with E-state index in [1.54, 1.807) is 19.3 Å². The minimum Gasteiger partial charge on any atom is -0.399 e. The van der Waals surface area contributed by atoms with Gasteiger partial charge in [0.05, 0.1) is 17.1 Å². The van der Waals surface area contributed by atoms with E-state index < -0.39 is 6.10 Å². The van der Waals surface area contributed by atoms with Crippen LogP contribution in [0.25, 0.3) is 11.0 Å². The van der Waals surface area contributed by atoms with E-state index in [0.29, 0.717) is 11.5 Å². The van der Waals surface area contributed by atoms with Gasteiger partial charge < -0.3 is 20.0 Å². The predicted octanol–water partition coefficient (Wildman–Crippen LogP) is 1.41. The van der Waals surface area contributed by atoms with E-state index in [-0.39, 0.29) is 6.04 Å². The smallest absolute Gasteiger partial charge is 0.155 e. The van der Waals surface area contributed by atoms with Gasteiger partial charge in [-0.25, -0.2) is 4.98 Å². The first-order chi connectivity index (χ1) is 9.99. The Hall–Kier alpha value is -2.41. The van der Waals surface area contributed by atoms with Crippen LogP contribution in [0.5, 0.6) is 0 Å². The maximum Gasteiger partial charge on any atom is 0.155 e. The molecule has 0 radical (unpaired) electrons. The highest BCUT2D eigenvalue weighted by atomic mass is 16.3. The Bertz CT molecular complexity index is 788. The molecule has 2 atom stereocenters. The van der Waals surface area contributed by atoms with Crippen LogP contribution in [0, 0.1) is 0 Å². The van der Waals surface area contributed by atoms with Gasteiger partial charge in [0.1, 0.15) is 18.3 Å². The Balaban J connectivity index is 2.24. The van der Waals surface area contributed by atoms with Gasteiger partial charge in [0.15, 0.2) is 5.82 Å². The number of aliphatic hydroxyl groups is 1. The lowest BCUT2D eigenvalue weighted by molar-refractivity contribution is 0.183. The second-order valence-electron chi connectivity index (χ2n) is 5.24. The zero-order valence-corrected chi connectivity index (χ0v) is 12.2. The molecule has 1 aromatic carbocycles. The summed E-state index contributed by atoms with van der Waals surface area (Å²) in [5, 5.41) is 18.1. The summed E-state index contributed by atoms with van der Waals surface area (Å²) >= 11 is 0. The van der Waals surface area contributed by atoms with Crippen LogP contribution in [0.2, 0.25) is 0 Å². The summed E-state index contributed by atoms with van der Waals surface area (Å²) in [5.74, 6) is 1.39. The van der Waals surface area contributed by atoms with Crippen LogP contribution in [0.1, 0.15) is 37.6 Å². The highest BCUT2D eigenvalue weighted by molar-refractivity contribution is 5.80. The number of imidazole rings is 1. The molecule has 0 aliphatic carbocycles. The molecule has 2 heterocycles. The summed E-state index contributed by atoms with van der Waals surface area (Å²) in [6, 6.07) is 5.45. The Morgan fingerprint density at radius 1 is 1.24 bits per heavy atom. The molecule has 3 rings (SSSR count). The fourth-order valence-electron chi connectivity index (χ4n) is 2.62. The fraction of sp³-hybridized carbons (Fsp3) is 0.357. The average Bonchev–Trinajstić information content (AvgIpc) is 3.01. The summed E-state index contributed by atoms with van der Waals surface area (Å²) in [4.78, 5) is 4.51. The van der Waals surface area contributed by atoms with E-state index in [1.165, 1.54) is 0 Å². The van der Waals surface area contributed by atoms with E-state index in [4.69, 9.17) is 5.73 Å². The molecule has 2 unspecified atom stereocenters.